The second kappa shape index (κ2) is 8.09. The second-order valence-electron chi connectivity index (χ2n) is 4.69. The molecule has 1 aromatic carbocycles. The fourth-order valence-electron chi connectivity index (χ4n) is 1.93. The molecule has 0 saturated carbocycles. The Hall–Kier alpha value is -1.74. The van der Waals surface area contributed by atoms with E-state index in [-0.39, 0.29) is 11.5 Å². The number of hydrogen-bond donors (Lipinski definition) is 0. The Kier molecular flexibility index (Phi) is 5.85. The molecule has 6 nitrogen and oxygen atoms in total. The number of halogens is 2. The Morgan fingerprint density at radius 1 is 1.24 bits per heavy atom. The summed E-state index contributed by atoms with van der Waals surface area (Å²) in [5.41, 5.74) is 1.52. The quantitative estimate of drug-likeness (QED) is 0.349. The zero-order valence-corrected chi connectivity index (χ0v) is 15.9. The van der Waals surface area contributed by atoms with Crippen molar-refractivity contribution in [3.63, 3.8) is 0 Å². The topological polar surface area (TPSA) is 77.9 Å². The van der Waals surface area contributed by atoms with Gasteiger partial charge in [-0.15, -0.1) is 5.10 Å². The third-order valence-corrected chi connectivity index (χ3v) is 5.16. The first kappa shape index (κ1) is 18.1. The van der Waals surface area contributed by atoms with E-state index in [1.54, 1.807) is 30.6 Å². The summed E-state index contributed by atoms with van der Waals surface area (Å²) in [5.74, 6) is -0.560. The standard InChI is InChI=1S/C15H10Cl2N4O2S2/c1-24-15-18-5-8(6-19-15)12-13(25-21-20-12)14(22)23-7-9-10(16)3-2-4-11(9)17/h2-6H,7H2,1H3. The van der Waals surface area contributed by atoms with Crippen LogP contribution < -0.4 is 0 Å². The Morgan fingerprint density at radius 2 is 1.92 bits per heavy atom. The lowest BCUT2D eigenvalue weighted by molar-refractivity contribution is 0.0479. The molecule has 0 unspecified atom stereocenters. The number of ether oxygens (including phenoxy) is 1. The average Bonchev–Trinajstić information content (AvgIpc) is 3.11. The van der Waals surface area contributed by atoms with Crippen LogP contribution in [0.3, 0.4) is 0 Å². The van der Waals surface area contributed by atoms with Gasteiger partial charge < -0.3 is 4.74 Å². The molecule has 0 atom stereocenters. The highest BCUT2D eigenvalue weighted by atomic mass is 35.5. The molecule has 0 aliphatic heterocycles. The maximum atomic E-state index is 12.4. The highest BCUT2D eigenvalue weighted by molar-refractivity contribution is 7.98. The van der Waals surface area contributed by atoms with E-state index in [0.717, 1.165) is 11.5 Å². The lowest BCUT2D eigenvalue weighted by atomic mass is 10.2. The van der Waals surface area contributed by atoms with Crippen molar-refractivity contribution in [3.8, 4) is 11.3 Å². The van der Waals surface area contributed by atoms with Crippen molar-refractivity contribution in [3.05, 3.63) is 51.1 Å². The summed E-state index contributed by atoms with van der Waals surface area (Å²) in [4.78, 5) is 21.0. The molecule has 0 aliphatic carbocycles. The van der Waals surface area contributed by atoms with Gasteiger partial charge in [0.1, 0.15) is 12.3 Å². The van der Waals surface area contributed by atoms with Crippen molar-refractivity contribution >= 4 is 52.5 Å². The van der Waals surface area contributed by atoms with Crippen LogP contribution in [0.2, 0.25) is 10.0 Å². The minimum atomic E-state index is -0.560. The molecule has 0 bridgehead atoms. The number of carbonyl (C=O) groups is 1. The van der Waals surface area contributed by atoms with Gasteiger partial charge in [0.05, 0.1) is 0 Å². The zero-order valence-electron chi connectivity index (χ0n) is 12.8. The third-order valence-electron chi connectivity index (χ3n) is 3.17. The summed E-state index contributed by atoms with van der Waals surface area (Å²) in [7, 11) is 0. The molecule has 0 aliphatic rings. The van der Waals surface area contributed by atoms with E-state index in [9.17, 15) is 4.79 Å². The van der Waals surface area contributed by atoms with Crippen LogP contribution in [0.1, 0.15) is 15.2 Å². The summed E-state index contributed by atoms with van der Waals surface area (Å²) in [6.07, 6.45) is 5.07. The number of thioether (sulfide) groups is 1. The van der Waals surface area contributed by atoms with Gasteiger partial charge in [-0.25, -0.2) is 14.8 Å². The van der Waals surface area contributed by atoms with Gasteiger partial charge in [-0.1, -0.05) is 45.5 Å². The van der Waals surface area contributed by atoms with Crippen LogP contribution in [-0.2, 0) is 11.3 Å². The minimum Gasteiger partial charge on any atom is -0.456 e. The number of aromatic nitrogens is 4. The van der Waals surface area contributed by atoms with Crippen LogP contribution in [0.4, 0.5) is 0 Å². The summed E-state index contributed by atoms with van der Waals surface area (Å²) in [5, 5.41) is 5.48. The molecule has 0 amide bonds. The molecular weight excluding hydrogens is 403 g/mol. The van der Waals surface area contributed by atoms with Crippen molar-refractivity contribution in [1.82, 2.24) is 19.6 Å². The van der Waals surface area contributed by atoms with E-state index >= 15 is 0 Å². The number of hydrogen-bond acceptors (Lipinski definition) is 8. The molecule has 2 aromatic heterocycles. The molecule has 128 valence electrons. The van der Waals surface area contributed by atoms with Gasteiger partial charge in [-0.3, -0.25) is 0 Å². The highest BCUT2D eigenvalue weighted by Crippen LogP contribution is 2.27. The van der Waals surface area contributed by atoms with Crippen molar-refractivity contribution in [2.24, 2.45) is 0 Å². The predicted molar refractivity (Wildman–Crippen MR) is 98.3 cm³/mol. The summed E-state index contributed by atoms with van der Waals surface area (Å²) < 4.78 is 9.15. The average molecular weight is 413 g/mol. The SMILES string of the molecule is CSc1ncc(-c2nnsc2C(=O)OCc2c(Cl)cccc2Cl)cn1. The maximum Gasteiger partial charge on any atom is 0.352 e. The van der Waals surface area contributed by atoms with Crippen LogP contribution in [-0.4, -0.2) is 31.8 Å². The molecule has 0 radical (unpaired) electrons. The lowest BCUT2D eigenvalue weighted by Gasteiger charge is -2.08. The molecule has 0 fully saturated rings. The third kappa shape index (κ3) is 4.09. The molecule has 3 rings (SSSR count). The fourth-order valence-corrected chi connectivity index (χ4v) is 3.34. The first-order chi connectivity index (χ1) is 12.1. The van der Waals surface area contributed by atoms with Crippen LogP contribution in [0, 0.1) is 0 Å². The molecular formula is C15H10Cl2N4O2S2. The van der Waals surface area contributed by atoms with Gasteiger partial charge in [0.15, 0.2) is 10.0 Å². The van der Waals surface area contributed by atoms with Gasteiger partial charge in [-0.05, 0) is 29.9 Å². The Morgan fingerprint density at radius 3 is 2.56 bits per heavy atom. The number of benzene rings is 1. The van der Waals surface area contributed by atoms with Gasteiger partial charge in [-0.2, -0.15) is 0 Å². The number of nitrogens with zero attached hydrogens (tertiary/aromatic N) is 4. The van der Waals surface area contributed by atoms with E-state index in [2.05, 4.69) is 19.6 Å². The minimum absolute atomic E-state index is 0.0450. The molecule has 25 heavy (non-hydrogen) atoms. The van der Waals surface area contributed by atoms with E-state index in [0.29, 0.717) is 32.0 Å². The van der Waals surface area contributed by atoms with Gasteiger partial charge in [0, 0.05) is 33.6 Å². The molecule has 2 heterocycles. The summed E-state index contributed by atoms with van der Waals surface area (Å²) >= 11 is 14.5. The number of esters is 1. The van der Waals surface area contributed by atoms with Crippen LogP contribution in [0.15, 0.2) is 35.7 Å². The van der Waals surface area contributed by atoms with Crippen molar-refractivity contribution in [2.45, 2.75) is 11.8 Å². The number of carbonyl (C=O) groups excluding carboxylic acids is 1. The molecule has 0 spiro atoms. The van der Waals surface area contributed by atoms with Crippen LogP contribution in [0.5, 0.6) is 0 Å². The predicted octanol–water partition coefficient (Wildman–Crippen LogP) is 4.38. The second-order valence-corrected chi connectivity index (χ2v) is 7.03. The molecule has 0 saturated heterocycles. The molecule has 10 heteroatoms. The van der Waals surface area contributed by atoms with Gasteiger partial charge in [0.2, 0.25) is 0 Å². The van der Waals surface area contributed by atoms with E-state index in [4.69, 9.17) is 27.9 Å². The molecule has 0 N–H and O–H groups in total. The normalized spacial score (nSPS) is 10.7. The smallest absolute Gasteiger partial charge is 0.352 e. The largest absolute Gasteiger partial charge is 0.456 e. The van der Waals surface area contributed by atoms with Crippen LogP contribution >= 0.6 is 46.5 Å². The first-order valence-electron chi connectivity index (χ1n) is 6.89. The summed E-state index contributed by atoms with van der Waals surface area (Å²) in [6.45, 7) is -0.0450. The van der Waals surface area contributed by atoms with Crippen molar-refractivity contribution in [1.29, 1.82) is 0 Å². The zero-order chi connectivity index (χ0) is 17.8. The Bertz CT molecular complexity index is 883. The molecule has 3 aromatic rings. The van der Waals surface area contributed by atoms with Gasteiger partial charge in [0.25, 0.3) is 0 Å². The summed E-state index contributed by atoms with van der Waals surface area (Å²) in [6, 6.07) is 5.08. The fraction of sp³-hybridized carbons (Fsp3) is 0.133. The highest BCUT2D eigenvalue weighted by Gasteiger charge is 2.20. The van der Waals surface area contributed by atoms with E-state index in [1.165, 1.54) is 11.8 Å². The van der Waals surface area contributed by atoms with Crippen molar-refractivity contribution < 1.29 is 9.53 Å². The monoisotopic (exact) mass is 412 g/mol. The maximum absolute atomic E-state index is 12.4. The van der Waals surface area contributed by atoms with Crippen molar-refractivity contribution in [2.75, 3.05) is 6.26 Å². The first-order valence-corrected chi connectivity index (χ1v) is 9.64. The van der Waals surface area contributed by atoms with E-state index in [1.807, 2.05) is 6.26 Å². The van der Waals surface area contributed by atoms with E-state index < -0.39 is 5.97 Å². The Labute approximate surface area is 161 Å². The number of rotatable bonds is 5. The van der Waals surface area contributed by atoms with Crippen LogP contribution in [0.25, 0.3) is 11.3 Å². The lowest BCUT2D eigenvalue weighted by Crippen LogP contribution is -2.06. The van der Waals surface area contributed by atoms with Gasteiger partial charge >= 0.3 is 5.97 Å². The Balaban J connectivity index is 1.78.